The lowest BCUT2D eigenvalue weighted by Crippen LogP contribution is -2.08. The van der Waals surface area contributed by atoms with Gasteiger partial charge in [-0.15, -0.1) is 0 Å². The third-order valence-electron chi connectivity index (χ3n) is 2.19. The van der Waals surface area contributed by atoms with Crippen molar-refractivity contribution < 1.29 is 4.74 Å². The second-order valence-electron chi connectivity index (χ2n) is 3.49. The topological polar surface area (TPSA) is 73.9 Å². The Morgan fingerprint density at radius 3 is 2.79 bits per heavy atom. The van der Waals surface area contributed by atoms with Gasteiger partial charge in [0.05, 0.1) is 6.61 Å². The van der Waals surface area contributed by atoms with Crippen LogP contribution in [0.2, 0.25) is 0 Å². The van der Waals surface area contributed by atoms with Crippen molar-refractivity contribution in [1.82, 2.24) is 15.0 Å². The van der Waals surface area contributed by atoms with Crippen LogP contribution in [0.25, 0.3) is 0 Å². The highest BCUT2D eigenvalue weighted by Gasteiger charge is 2.27. The number of hydrogen-bond acceptors (Lipinski definition) is 5. The fourth-order valence-corrected chi connectivity index (χ4v) is 1.29. The molecule has 1 aliphatic rings. The van der Waals surface area contributed by atoms with Gasteiger partial charge < -0.3 is 10.5 Å². The molecule has 1 aromatic heterocycles. The van der Waals surface area contributed by atoms with Crippen molar-refractivity contribution in [2.24, 2.45) is 0 Å². The van der Waals surface area contributed by atoms with E-state index in [4.69, 9.17) is 10.5 Å². The Labute approximate surface area is 82.7 Å². The van der Waals surface area contributed by atoms with Gasteiger partial charge in [-0.3, -0.25) is 0 Å². The second-order valence-corrected chi connectivity index (χ2v) is 3.49. The van der Waals surface area contributed by atoms with Gasteiger partial charge in [0, 0.05) is 19.4 Å². The molecule has 5 heteroatoms. The summed E-state index contributed by atoms with van der Waals surface area (Å²) in [6.07, 6.45) is 3.04. The lowest BCUT2D eigenvalue weighted by Gasteiger charge is -2.02. The third-order valence-corrected chi connectivity index (χ3v) is 2.19. The first kappa shape index (κ1) is 9.33. The number of ether oxygens (including phenoxy) is 1. The molecule has 2 N–H and O–H groups in total. The molecule has 1 heterocycles. The Bertz CT molecular complexity index is 325. The lowest BCUT2D eigenvalue weighted by atomic mass is 10.3. The molecule has 1 fully saturated rings. The Hall–Kier alpha value is -1.23. The van der Waals surface area contributed by atoms with E-state index in [-0.39, 0.29) is 0 Å². The minimum Gasteiger partial charge on any atom is -0.384 e. The number of hydrogen-bond donors (Lipinski definition) is 1. The summed E-state index contributed by atoms with van der Waals surface area (Å²) in [6, 6.07) is 0. The molecule has 0 amide bonds. The first-order valence-electron chi connectivity index (χ1n) is 4.79. The van der Waals surface area contributed by atoms with E-state index < -0.39 is 0 Å². The van der Waals surface area contributed by atoms with Crippen molar-refractivity contribution >= 4 is 5.95 Å². The summed E-state index contributed by atoms with van der Waals surface area (Å²) >= 11 is 0. The van der Waals surface area contributed by atoms with Crippen LogP contribution < -0.4 is 5.73 Å². The minimum atomic E-state index is 0.327. The predicted molar refractivity (Wildman–Crippen MR) is 51.8 cm³/mol. The number of methoxy groups -OCH3 is 1. The van der Waals surface area contributed by atoms with Crippen LogP contribution in [0.15, 0.2) is 0 Å². The zero-order valence-electron chi connectivity index (χ0n) is 8.23. The van der Waals surface area contributed by atoms with Crippen molar-refractivity contribution in [3.8, 4) is 0 Å². The summed E-state index contributed by atoms with van der Waals surface area (Å²) in [6.45, 7) is 0.619. The summed E-state index contributed by atoms with van der Waals surface area (Å²) in [5, 5.41) is 0. The molecular formula is C9H14N4O. The summed E-state index contributed by atoms with van der Waals surface area (Å²) in [5.41, 5.74) is 5.59. The van der Waals surface area contributed by atoms with E-state index in [1.54, 1.807) is 7.11 Å². The first-order valence-corrected chi connectivity index (χ1v) is 4.79. The molecule has 2 rings (SSSR count). The van der Waals surface area contributed by atoms with Crippen molar-refractivity contribution in [3.05, 3.63) is 11.6 Å². The van der Waals surface area contributed by atoms with E-state index in [1.165, 1.54) is 12.8 Å². The Morgan fingerprint density at radius 1 is 1.36 bits per heavy atom. The molecule has 1 aromatic rings. The van der Waals surface area contributed by atoms with Crippen LogP contribution in [0.3, 0.4) is 0 Å². The molecule has 0 bridgehead atoms. The van der Waals surface area contributed by atoms with Gasteiger partial charge in [-0.05, 0) is 12.8 Å². The molecule has 76 valence electrons. The van der Waals surface area contributed by atoms with E-state index in [9.17, 15) is 0 Å². The van der Waals surface area contributed by atoms with E-state index in [2.05, 4.69) is 15.0 Å². The smallest absolute Gasteiger partial charge is 0.223 e. The van der Waals surface area contributed by atoms with E-state index in [1.807, 2.05) is 0 Å². The third kappa shape index (κ3) is 2.17. The molecule has 1 aliphatic carbocycles. The number of nitrogens with two attached hydrogens (primary N) is 1. The Kier molecular flexibility index (Phi) is 2.58. The highest BCUT2D eigenvalue weighted by atomic mass is 16.5. The van der Waals surface area contributed by atoms with Gasteiger partial charge >= 0.3 is 0 Å². The quantitative estimate of drug-likeness (QED) is 0.756. The highest BCUT2D eigenvalue weighted by Crippen LogP contribution is 2.37. The molecule has 0 radical (unpaired) electrons. The van der Waals surface area contributed by atoms with Crippen LogP contribution in [0.1, 0.15) is 30.4 Å². The fraction of sp³-hybridized carbons (Fsp3) is 0.667. The van der Waals surface area contributed by atoms with Crippen LogP contribution in [0.5, 0.6) is 0 Å². The number of anilines is 1. The minimum absolute atomic E-state index is 0.327. The van der Waals surface area contributed by atoms with Crippen LogP contribution in [-0.4, -0.2) is 28.7 Å². The Balaban J connectivity index is 2.13. The summed E-state index contributed by atoms with van der Waals surface area (Å²) < 4.78 is 4.96. The van der Waals surface area contributed by atoms with Gasteiger partial charge in [-0.1, -0.05) is 0 Å². The monoisotopic (exact) mass is 194 g/mol. The fourth-order valence-electron chi connectivity index (χ4n) is 1.29. The largest absolute Gasteiger partial charge is 0.384 e. The zero-order valence-corrected chi connectivity index (χ0v) is 8.23. The predicted octanol–water partition coefficient (Wildman–Crippen LogP) is 0.520. The van der Waals surface area contributed by atoms with Gasteiger partial charge in [0.25, 0.3) is 0 Å². The molecule has 0 aliphatic heterocycles. The average Bonchev–Trinajstić information content (AvgIpc) is 2.97. The Morgan fingerprint density at radius 2 is 2.14 bits per heavy atom. The van der Waals surface area contributed by atoms with Crippen molar-refractivity contribution in [2.45, 2.75) is 25.2 Å². The van der Waals surface area contributed by atoms with E-state index in [0.717, 1.165) is 11.6 Å². The maximum atomic E-state index is 5.59. The van der Waals surface area contributed by atoms with E-state index >= 15 is 0 Å². The molecule has 0 spiro atoms. The van der Waals surface area contributed by atoms with E-state index in [0.29, 0.717) is 24.9 Å². The van der Waals surface area contributed by atoms with Crippen LogP contribution in [-0.2, 0) is 11.2 Å². The van der Waals surface area contributed by atoms with Gasteiger partial charge in [0.15, 0.2) is 0 Å². The second kappa shape index (κ2) is 3.88. The molecule has 0 unspecified atom stereocenters. The normalized spacial score (nSPS) is 15.8. The summed E-state index contributed by atoms with van der Waals surface area (Å²) in [4.78, 5) is 12.5. The maximum absolute atomic E-state index is 5.59. The SMILES string of the molecule is COCCc1nc(N)nc(C2CC2)n1. The number of nitrogen functional groups attached to an aromatic ring is 1. The number of aromatic nitrogens is 3. The van der Waals surface area contributed by atoms with Crippen LogP contribution in [0, 0.1) is 0 Å². The van der Waals surface area contributed by atoms with Crippen molar-refractivity contribution in [1.29, 1.82) is 0 Å². The van der Waals surface area contributed by atoms with Gasteiger partial charge in [0.2, 0.25) is 5.95 Å². The molecule has 1 saturated carbocycles. The zero-order chi connectivity index (χ0) is 9.97. The molecule has 0 aromatic carbocycles. The average molecular weight is 194 g/mol. The lowest BCUT2D eigenvalue weighted by molar-refractivity contribution is 0.200. The van der Waals surface area contributed by atoms with Crippen LogP contribution >= 0.6 is 0 Å². The van der Waals surface area contributed by atoms with Gasteiger partial charge in [-0.2, -0.15) is 9.97 Å². The molecule has 0 atom stereocenters. The van der Waals surface area contributed by atoms with Gasteiger partial charge in [0.1, 0.15) is 11.6 Å². The number of rotatable bonds is 4. The molecule has 5 nitrogen and oxygen atoms in total. The first-order chi connectivity index (χ1) is 6.79. The molecular weight excluding hydrogens is 180 g/mol. The highest BCUT2D eigenvalue weighted by molar-refractivity contribution is 5.19. The van der Waals surface area contributed by atoms with Gasteiger partial charge in [-0.25, -0.2) is 4.98 Å². The maximum Gasteiger partial charge on any atom is 0.223 e. The summed E-state index contributed by atoms with van der Waals surface area (Å²) in [7, 11) is 1.66. The van der Waals surface area contributed by atoms with Crippen molar-refractivity contribution in [2.75, 3.05) is 19.5 Å². The van der Waals surface area contributed by atoms with Crippen LogP contribution in [0.4, 0.5) is 5.95 Å². The molecule has 0 saturated heterocycles. The number of nitrogens with zero attached hydrogens (tertiary/aromatic N) is 3. The summed E-state index contributed by atoms with van der Waals surface area (Å²) in [5.74, 6) is 2.43. The molecule has 14 heavy (non-hydrogen) atoms. The standard InChI is InChI=1S/C9H14N4O/c1-14-5-4-7-11-8(6-2-3-6)13-9(10)12-7/h6H,2-5H2,1H3,(H2,10,11,12,13). The van der Waals surface area contributed by atoms with Crippen molar-refractivity contribution in [3.63, 3.8) is 0 Å².